The Morgan fingerprint density at radius 1 is 0.885 bits per heavy atom. The molecule has 0 atom stereocenters. The molecule has 0 saturated carbocycles. The summed E-state index contributed by atoms with van der Waals surface area (Å²) in [5.74, 6) is -0.358. The molecule has 0 unspecified atom stereocenters. The van der Waals surface area contributed by atoms with Crippen LogP contribution in [0.15, 0.2) is 66.7 Å². The van der Waals surface area contributed by atoms with Crippen molar-refractivity contribution in [1.29, 1.82) is 0 Å². The minimum absolute atomic E-state index is 0.358. The van der Waals surface area contributed by atoms with Crippen molar-refractivity contribution in [3.63, 3.8) is 0 Å². The van der Waals surface area contributed by atoms with Gasteiger partial charge in [-0.1, -0.05) is 36.4 Å². The van der Waals surface area contributed by atoms with Gasteiger partial charge in [0.05, 0.1) is 16.3 Å². The maximum absolute atomic E-state index is 11.2. The molecule has 1 N–H and O–H groups in total. The van der Waals surface area contributed by atoms with Crippen LogP contribution in [0.1, 0.15) is 11.1 Å². The van der Waals surface area contributed by atoms with Gasteiger partial charge in [-0.15, -0.1) is 0 Å². The monoisotopic (exact) mass is 362 g/mol. The van der Waals surface area contributed by atoms with E-state index in [0.717, 1.165) is 22.3 Å². The summed E-state index contributed by atoms with van der Waals surface area (Å²) in [4.78, 5) is 0. The highest BCUT2D eigenvalue weighted by atomic mass is 32.2. The number of para-hydroxylation sites is 1. The zero-order valence-corrected chi connectivity index (χ0v) is 14.7. The number of aromatic nitrogens is 1. The topological polar surface area (TPSA) is 58.3 Å². The molecule has 4 nitrogen and oxygen atoms in total. The van der Waals surface area contributed by atoms with E-state index in [1.807, 2.05) is 30.3 Å². The summed E-state index contributed by atoms with van der Waals surface area (Å²) in [6.07, 6.45) is 0. The number of nitrogens with zero attached hydrogens (tertiary/aromatic N) is 1. The summed E-state index contributed by atoms with van der Waals surface area (Å²) < 4.78 is 33.9. The molecule has 0 radical (unpaired) electrons. The Hall–Kier alpha value is -2.76. The fraction of sp³-hybridized carbons (Fsp3) is 0.0952. The summed E-state index contributed by atoms with van der Waals surface area (Å²) in [7, 11) is -4.04. The second-order valence-corrected chi connectivity index (χ2v) is 8.17. The van der Waals surface area contributed by atoms with Crippen LogP contribution < -0.4 is 4.57 Å². The Balaban J connectivity index is 1.82. The van der Waals surface area contributed by atoms with Gasteiger partial charge in [0, 0.05) is 17.0 Å². The van der Waals surface area contributed by atoms with E-state index in [0.29, 0.717) is 12.1 Å². The molecule has 3 aromatic carbocycles. The van der Waals surface area contributed by atoms with Crippen molar-refractivity contribution >= 4 is 31.8 Å². The third kappa shape index (κ3) is 2.32. The van der Waals surface area contributed by atoms with Crippen LogP contribution in [0.5, 0.6) is 0 Å². The largest absolute Gasteiger partial charge is 0.285 e. The van der Waals surface area contributed by atoms with Crippen molar-refractivity contribution in [1.82, 2.24) is 0 Å². The zero-order chi connectivity index (χ0) is 17.9. The normalized spacial score (nSPS) is 13.1. The molecule has 1 aromatic heterocycles. The molecule has 5 heteroatoms. The van der Waals surface area contributed by atoms with Gasteiger partial charge in [-0.3, -0.25) is 4.55 Å². The molecule has 0 saturated heterocycles. The fourth-order valence-corrected chi connectivity index (χ4v) is 4.66. The van der Waals surface area contributed by atoms with Gasteiger partial charge < -0.3 is 0 Å². The number of pyridine rings is 1. The number of hydrogen-bond donors (Lipinski definition) is 1. The molecule has 0 spiro atoms. The van der Waals surface area contributed by atoms with Gasteiger partial charge in [0.2, 0.25) is 11.2 Å². The molecule has 4 aromatic rings. The molecule has 5 rings (SSSR count). The lowest BCUT2D eigenvalue weighted by molar-refractivity contribution is -0.644. The lowest BCUT2D eigenvalue weighted by Crippen LogP contribution is -2.33. The first-order valence-electron chi connectivity index (χ1n) is 8.42. The molecular weight excluding hydrogens is 346 g/mol. The Kier molecular flexibility index (Phi) is 3.20. The van der Waals surface area contributed by atoms with E-state index in [-0.39, 0.29) is 5.75 Å². The number of rotatable bonds is 2. The van der Waals surface area contributed by atoms with Crippen LogP contribution in [0.4, 0.5) is 0 Å². The fourth-order valence-electron chi connectivity index (χ4n) is 4.06. The maximum atomic E-state index is 11.2. The SMILES string of the molecule is O=S(=O)(O)Cc1ccc2c(c1)C[n+]1c-2c2ccccc2c2ccccc21. The molecule has 2 heterocycles. The Labute approximate surface area is 151 Å². The van der Waals surface area contributed by atoms with Gasteiger partial charge in [0.15, 0.2) is 6.54 Å². The van der Waals surface area contributed by atoms with Crippen LogP contribution in [-0.2, 0) is 22.4 Å². The van der Waals surface area contributed by atoms with Crippen LogP contribution in [0.2, 0.25) is 0 Å². The van der Waals surface area contributed by atoms with Gasteiger partial charge in [-0.2, -0.15) is 13.0 Å². The number of benzene rings is 3. The number of fused-ring (bicyclic) bond motifs is 8. The first-order chi connectivity index (χ1) is 12.5. The minimum Gasteiger partial charge on any atom is -0.285 e. The van der Waals surface area contributed by atoms with Crippen molar-refractivity contribution in [3.8, 4) is 11.3 Å². The average Bonchev–Trinajstić information content (AvgIpc) is 2.99. The van der Waals surface area contributed by atoms with E-state index >= 15 is 0 Å². The van der Waals surface area contributed by atoms with Crippen molar-refractivity contribution < 1.29 is 17.5 Å². The van der Waals surface area contributed by atoms with E-state index in [9.17, 15) is 8.42 Å². The summed E-state index contributed by atoms with van der Waals surface area (Å²) in [6, 6.07) is 22.4. The molecule has 26 heavy (non-hydrogen) atoms. The van der Waals surface area contributed by atoms with Crippen LogP contribution >= 0.6 is 0 Å². The Morgan fingerprint density at radius 2 is 1.58 bits per heavy atom. The van der Waals surface area contributed by atoms with E-state index < -0.39 is 10.1 Å². The van der Waals surface area contributed by atoms with Crippen molar-refractivity contribution in [2.24, 2.45) is 0 Å². The zero-order valence-electron chi connectivity index (χ0n) is 13.9. The van der Waals surface area contributed by atoms with E-state index in [1.54, 1.807) is 6.07 Å². The van der Waals surface area contributed by atoms with Crippen LogP contribution in [0.25, 0.3) is 32.9 Å². The van der Waals surface area contributed by atoms with Crippen LogP contribution in [0, 0.1) is 0 Å². The second kappa shape index (κ2) is 5.37. The Bertz CT molecular complexity index is 1310. The lowest BCUT2D eigenvalue weighted by atomic mass is 9.99. The third-order valence-electron chi connectivity index (χ3n) is 5.04. The maximum Gasteiger partial charge on any atom is 0.269 e. The molecule has 0 amide bonds. The van der Waals surface area contributed by atoms with Gasteiger partial charge in [0.1, 0.15) is 5.75 Å². The Morgan fingerprint density at radius 3 is 2.35 bits per heavy atom. The van der Waals surface area contributed by atoms with Crippen LogP contribution in [-0.4, -0.2) is 13.0 Å². The predicted molar refractivity (Wildman–Crippen MR) is 101 cm³/mol. The minimum atomic E-state index is -4.04. The number of hydrogen-bond acceptors (Lipinski definition) is 2. The van der Waals surface area contributed by atoms with E-state index in [4.69, 9.17) is 4.55 Å². The second-order valence-electron chi connectivity index (χ2n) is 6.72. The van der Waals surface area contributed by atoms with Gasteiger partial charge in [-0.25, -0.2) is 0 Å². The summed E-state index contributed by atoms with van der Waals surface area (Å²) in [5.41, 5.74) is 5.12. The first-order valence-corrected chi connectivity index (χ1v) is 10.0. The standard InChI is InChI=1S/C21H15NO3S/c23-26(24,25)13-14-9-10-16-15(11-14)12-22-20-8-4-3-6-18(20)17-5-1-2-7-19(17)21(16)22/h1-11H,12-13H2/p+1. The highest BCUT2D eigenvalue weighted by Gasteiger charge is 2.31. The predicted octanol–water partition coefficient (Wildman–Crippen LogP) is 3.70. The van der Waals surface area contributed by atoms with Gasteiger partial charge in [0.25, 0.3) is 10.1 Å². The smallest absolute Gasteiger partial charge is 0.269 e. The van der Waals surface area contributed by atoms with Gasteiger partial charge in [-0.05, 0) is 29.8 Å². The molecule has 0 aliphatic carbocycles. The molecule has 1 aliphatic rings. The highest BCUT2D eigenvalue weighted by molar-refractivity contribution is 7.85. The van der Waals surface area contributed by atoms with E-state index in [1.165, 1.54) is 16.2 Å². The molecule has 1 aliphatic heterocycles. The van der Waals surface area contributed by atoms with Crippen molar-refractivity contribution in [3.05, 3.63) is 77.9 Å². The molecule has 0 fully saturated rings. The molecule has 128 valence electrons. The summed E-state index contributed by atoms with van der Waals surface area (Å²) in [5, 5.41) is 3.61. The van der Waals surface area contributed by atoms with Crippen molar-refractivity contribution in [2.75, 3.05) is 0 Å². The van der Waals surface area contributed by atoms with Crippen LogP contribution in [0.3, 0.4) is 0 Å². The lowest BCUT2D eigenvalue weighted by Gasteiger charge is -2.06. The third-order valence-corrected chi connectivity index (χ3v) is 5.74. The first kappa shape index (κ1) is 15.5. The molecular formula is C21H16NO3S+. The average molecular weight is 362 g/mol. The summed E-state index contributed by atoms with van der Waals surface area (Å²) in [6.45, 7) is 0.690. The van der Waals surface area contributed by atoms with Gasteiger partial charge >= 0.3 is 0 Å². The quantitative estimate of drug-likeness (QED) is 0.296. The highest BCUT2D eigenvalue weighted by Crippen LogP contribution is 2.36. The van der Waals surface area contributed by atoms with E-state index in [2.05, 4.69) is 34.9 Å². The van der Waals surface area contributed by atoms with Crippen molar-refractivity contribution in [2.45, 2.75) is 12.3 Å². The summed E-state index contributed by atoms with van der Waals surface area (Å²) >= 11 is 0. The molecule has 0 bridgehead atoms.